The lowest BCUT2D eigenvalue weighted by molar-refractivity contribution is 0.346. The average molecular weight is 208 g/mol. The Morgan fingerprint density at radius 2 is 2.29 bits per heavy atom. The van der Waals surface area contributed by atoms with Gasteiger partial charge in [-0.1, -0.05) is 6.07 Å². The van der Waals surface area contributed by atoms with Crippen molar-refractivity contribution in [3.8, 4) is 0 Å². The third kappa shape index (κ3) is 2.04. The van der Waals surface area contributed by atoms with Gasteiger partial charge < -0.3 is 11.1 Å². The van der Waals surface area contributed by atoms with Gasteiger partial charge in [-0.3, -0.25) is 0 Å². The molecule has 0 bridgehead atoms. The summed E-state index contributed by atoms with van der Waals surface area (Å²) in [5.41, 5.74) is 8.15. The van der Waals surface area contributed by atoms with E-state index in [0.717, 1.165) is 11.6 Å². The van der Waals surface area contributed by atoms with E-state index in [1.165, 1.54) is 30.0 Å². The van der Waals surface area contributed by atoms with Gasteiger partial charge in [0.05, 0.1) is 0 Å². The summed E-state index contributed by atoms with van der Waals surface area (Å²) < 4.78 is 0. The molecule has 1 aliphatic rings. The number of nitrogens with two attached hydrogens (primary N) is 1. The maximum absolute atomic E-state index is 5.84. The molecule has 1 aliphatic heterocycles. The monoisotopic (exact) mass is 208 g/mol. The first-order chi connectivity index (χ1) is 6.79. The van der Waals surface area contributed by atoms with Crippen LogP contribution >= 0.6 is 11.8 Å². The number of benzene rings is 1. The molecule has 2 rings (SSSR count). The van der Waals surface area contributed by atoms with Crippen LogP contribution in [0.4, 0.5) is 5.69 Å². The zero-order chi connectivity index (χ0) is 9.97. The molecule has 1 fully saturated rings. The zero-order valence-corrected chi connectivity index (χ0v) is 9.23. The second-order valence-corrected chi connectivity index (χ2v) is 4.65. The van der Waals surface area contributed by atoms with Crippen LogP contribution in [0.1, 0.15) is 5.56 Å². The van der Waals surface area contributed by atoms with E-state index in [-0.39, 0.29) is 0 Å². The first-order valence-electron chi connectivity index (χ1n) is 4.92. The molecule has 14 heavy (non-hydrogen) atoms. The van der Waals surface area contributed by atoms with Gasteiger partial charge in [0, 0.05) is 10.6 Å². The predicted octanol–water partition coefficient (Wildman–Crippen LogP) is 1.75. The molecule has 3 N–H and O–H groups in total. The summed E-state index contributed by atoms with van der Waals surface area (Å²) in [6.07, 6.45) is 3.25. The molecule has 0 aliphatic carbocycles. The molecule has 0 saturated carbocycles. The summed E-state index contributed by atoms with van der Waals surface area (Å²) in [7, 11) is 0. The fourth-order valence-electron chi connectivity index (χ4n) is 1.71. The van der Waals surface area contributed by atoms with Gasteiger partial charge in [0.15, 0.2) is 0 Å². The van der Waals surface area contributed by atoms with Crippen LogP contribution in [0.3, 0.4) is 0 Å². The standard InChI is InChI=1S/C11H16N2S/c1-14-11-5-8(2-3-10(11)12)4-9-6-13-7-9/h2-3,5,9,13H,4,6-7,12H2,1H3. The highest BCUT2D eigenvalue weighted by Gasteiger charge is 2.17. The van der Waals surface area contributed by atoms with Crippen molar-refractivity contribution in [1.82, 2.24) is 5.32 Å². The second-order valence-electron chi connectivity index (χ2n) is 3.80. The molecule has 0 spiro atoms. The molecule has 1 saturated heterocycles. The minimum atomic E-state index is 0.827. The Balaban J connectivity index is 2.09. The van der Waals surface area contributed by atoms with Gasteiger partial charge >= 0.3 is 0 Å². The molecule has 1 heterocycles. The second kappa shape index (κ2) is 4.24. The van der Waals surface area contributed by atoms with Crippen molar-refractivity contribution in [1.29, 1.82) is 0 Å². The minimum absolute atomic E-state index is 0.827. The molecule has 0 atom stereocenters. The SMILES string of the molecule is CSc1cc(CC2CNC2)ccc1N. The van der Waals surface area contributed by atoms with E-state index >= 15 is 0 Å². The number of nitrogens with one attached hydrogen (secondary N) is 1. The smallest absolute Gasteiger partial charge is 0.0452 e. The Morgan fingerprint density at radius 3 is 2.86 bits per heavy atom. The van der Waals surface area contributed by atoms with E-state index in [2.05, 4.69) is 23.7 Å². The lowest BCUT2D eigenvalue weighted by Gasteiger charge is -2.27. The van der Waals surface area contributed by atoms with Crippen molar-refractivity contribution >= 4 is 17.4 Å². The Hall–Kier alpha value is -0.670. The van der Waals surface area contributed by atoms with Gasteiger partial charge in [0.1, 0.15) is 0 Å². The molecule has 0 radical (unpaired) electrons. The highest BCUT2D eigenvalue weighted by molar-refractivity contribution is 7.98. The Kier molecular flexibility index (Phi) is 2.99. The number of rotatable bonds is 3. The van der Waals surface area contributed by atoms with Gasteiger partial charge in [-0.2, -0.15) is 0 Å². The van der Waals surface area contributed by atoms with Crippen LogP contribution in [0, 0.1) is 5.92 Å². The van der Waals surface area contributed by atoms with Gasteiger partial charge in [0.2, 0.25) is 0 Å². The van der Waals surface area contributed by atoms with E-state index in [9.17, 15) is 0 Å². The third-order valence-electron chi connectivity index (χ3n) is 2.69. The normalized spacial score (nSPS) is 16.6. The van der Waals surface area contributed by atoms with E-state index < -0.39 is 0 Å². The quantitative estimate of drug-likeness (QED) is 0.587. The molecule has 2 nitrogen and oxygen atoms in total. The number of anilines is 1. The Bertz CT molecular complexity index is 321. The summed E-state index contributed by atoms with van der Waals surface area (Å²) in [6, 6.07) is 6.39. The number of nitrogen functional groups attached to an aromatic ring is 1. The molecule has 76 valence electrons. The average Bonchev–Trinajstić information content (AvgIpc) is 2.14. The first-order valence-corrected chi connectivity index (χ1v) is 6.15. The topological polar surface area (TPSA) is 38.0 Å². The summed E-state index contributed by atoms with van der Waals surface area (Å²) in [4.78, 5) is 1.20. The molecule has 1 aromatic rings. The maximum Gasteiger partial charge on any atom is 0.0452 e. The lowest BCUT2D eigenvalue weighted by atomic mass is 9.94. The van der Waals surface area contributed by atoms with Gasteiger partial charge in [0.25, 0.3) is 0 Å². The van der Waals surface area contributed by atoms with Crippen molar-refractivity contribution in [2.24, 2.45) is 5.92 Å². The number of thioether (sulfide) groups is 1. The zero-order valence-electron chi connectivity index (χ0n) is 8.42. The van der Waals surface area contributed by atoms with Gasteiger partial charge in [-0.25, -0.2) is 0 Å². The molecule has 0 unspecified atom stereocenters. The summed E-state index contributed by atoms with van der Waals surface area (Å²) in [5.74, 6) is 0.827. The summed E-state index contributed by atoms with van der Waals surface area (Å²) >= 11 is 1.72. The van der Waals surface area contributed by atoms with Crippen LogP contribution in [-0.2, 0) is 6.42 Å². The number of hydrogen-bond acceptors (Lipinski definition) is 3. The van der Waals surface area contributed by atoms with Crippen LogP contribution in [0.5, 0.6) is 0 Å². The minimum Gasteiger partial charge on any atom is -0.398 e. The fourth-order valence-corrected chi connectivity index (χ4v) is 2.28. The molecular formula is C11H16N2S. The van der Waals surface area contributed by atoms with Crippen LogP contribution in [-0.4, -0.2) is 19.3 Å². The van der Waals surface area contributed by atoms with E-state index in [1.807, 2.05) is 6.07 Å². The van der Waals surface area contributed by atoms with Crippen molar-refractivity contribution in [3.63, 3.8) is 0 Å². The molecule has 0 aromatic heterocycles. The molecular weight excluding hydrogens is 192 g/mol. The van der Waals surface area contributed by atoms with Gasteiger partial charge in [-0.15, -0.1) is 11.8 Å². The highest BCUT2D eigenvalue weighted by atomic mass is 32.2. The van der Waals surface area contributed by atoms with E-state index in [4.69, 9.17) is 5.73 Å². The summed E-state index contributed by atoms with van der Waals surface area (Å²) in [6.45, 7) is 2.33. The largest absolute Gasteiger partial charge is 0.398 e. The predicted molar refractivity (Wildman–Crippen MR) is 62.7 cm³/mol. The Morgan fingerprint density at radius 1 is 1.50 bits per heavy atom. The molecule has 0 amide bonds. The first kappa shape index (κ1) is 9.87. The fraction of sp³-hybridized carbons (Fsp3) is 0.455. The van der Waals surface area contributed by atoms with Gasteiger partial charge in [-0.05, 0) is 49.4 Å². The summed E-state index contributed by atoms with van der Waals surface area (Å²) in [5, 5.41) is 3.29. The Labute approximate surface area is 89.3 Å². The maximum atomic E-state index is 5.84. The van der Waals surface area contributed by atoms with E-state index in [0.29, 0.717) is 0 Å². The van der Waals surface area contributed by atoms with E-state index in [1.54, 1.807) is 11.8 Å². The molecule has 3 heteroatoms. The highest BCUT2D eigenvalue weighted by Crippen LogP contribution is 2.25. The van der Waals surface area contributed by atoms with Crippen molar-refractivity contribution in [2.45, 2.75) is 11.3 Å². The van der Waals surface area contributed by atoms with Crippen molar-refractivity contribution in [3.05, 3.63) is 23.8 Å². The molecule has 1 aromatic carbocycles. The number of hydrogen-bond donors (Lipinski definition) is 2. The third-order valence-corrected chi connectivity index (χ3v) is 3.48. The lowest BCUT2D eigenvalue weighted by Crippen LogP contribution is -2.43. The van der Waals surface area contributed by atoms with Crippen LogP contribution in [0.25, 0.3) is 0 Å². The van der Waals surface area contributed by atoms with Crippen molar-refractivity contribution in [2.75, 3.05) is 25.1 Å². The van der Waals surface area contributed by atoms with Crippen molar-refractivity contribution < 1.29 is 0 Å². The van der Waals surface area contributed by atoms with Crippen LogP contribution in [0.2, 0.25) is 0 Å². The van der Waals surface area contributed by atoms with Crippen LogP contribution < -0.4 is 11.1 Å². The van der Waals surface area contributed by atoms with Crippen LogP contribution in [0.15, 0.2) is 23.1 Å².